The summed E-state index contributed by atoms with van der Waals surface area (Å²) in [5.41, 5.74) is 0.595. The molecule has 0 spiro atoms. The first-order valence-electron chi connectivity index (χ1n) is 5.81. The molecule has 0 radical (unpaired) electrons. The quantitative estimate of drug-likeness (QED) is 0.841. The van der Waals surface area contributed by atoms with Gasteiger partial charge in [-0.25, -0.2) is 0 Å². The second-order valence-corrected chi connectivity index (χ2v) is 5.27. The van der Waals surface area contributed by atoms with Crippen LogP contribution < -0.4 is 10.6 Å². The first kappa shape index (κ1) is 18.6. The molecule has 1 aliphatic rings. The van der Waals surface area contributed by atoms with Crippen molar-refractivity contribution in [3.8, 4) is 0 Å². The Morgan fingerprint density at radius 1 is 1.47 bits per heavy atom. The summed E-state index contributed by atoms with van der Waals surface area (Å²) in [6.45, 7) is 3.13. The van der Waals surface area contributed by atoms with E-state index in [0.29, 0.717) is 11.6 Å². The summed E-state index contributed by atoms with van der Waals surface area (Å²) in [4.78, 5) is 16.0. The fourth-order valence-corrected chi connectivity index (χ4v) is 2.39. The van der Waals surface area contributed by atoms with E-state index in [0.717, 1.165) is 23.9 Å². The number of hydrogen-bond acceptors (Lipinski definition) is 3. The average molecular weight is 371 g/mol. The van der Waals surface area contributed by atoms with Crippen LogP contribution in [0.15, 0.2) is 22.9 Å². The number of hydrogen-bond donors (Lipinski definition) is 2. The molecule has 0 aromatic carbocycles. The zero-order valence-corrected chi connectivity index (χ0v) is 13.8. The summed E-state index contributed by atoms with van der Waals surface area (Å²) in [7, 11) is 0. The summed E-state index contributed by atoms with van der Waals surface area (Å²) >= 11 is 3.31. The predicted molar refractivity (Wildman–Crippen MR) is 84.4 cm³/mol. The van der Waals surface area contributed by atoms with E-state index in [1.165, 1.54) is 0 Å². The normalized spacial score (nSPS) is 21.8. The molecule has 2 rings (SSSR count). The fraction of sp³-hybridized carbons (Fsp3) is 0.500. The number of carbonyl (C=O) groups excluding carboxylic acids is 1. The lowest BCUT2D eigenvalue weighted by molar-refractivity contribution is 0.0919. The summed E-state index contributed by atoms with van der Waals surface area (Å²) < 4.78 is 0.819. The van der Waals surface area contributed by atoms with Crippen LogP contribution in [0.3, 0.4) is 0 Å². The third-order valence-corrected chi connectivity index (χ3v) is 3.48. The number of piperidine rings is 1. The van der Waals surface area contributed by atoms with E-state index in [-0.39, 0.29) is 36.8 Å². The Bertz CT molecular complexity index is 420. The molecule has 2 atom stereocenters. The third-order valence-electron chi connectivity index (χ3n) is 3.05. The molecule has 2 unspecified atom stereocenters. The molecule has 1 fully saturated rings. The first-order valence-corrected chi connectivity index (χ1v) is 6.61. The van der Waals surface area contributed by atoms with Crippen molar-refractivity contribution in [2.75, 3.05) is 6.54 Å². The van der Waals surface area contributed by atoms with Crippen LogP contribution in [0.2, 0.25) is 0 Å². The van der Waals surface area contributed by atoms with Gasteiger partial charge in [0.05, 0.1) is 5.56 Å². The van der Waals surface area contributed by atoms with Gasteiger partial charge in [-0.1, -0.05) is 0 Å². The van der Waals surface area contributed by atoms with E-state index in [2.05, 4.69) is 38.5 Å². The Labute approximate surface area is 134 Å². The highest BCUT2D eigenvalue weighted by atomic mass is 79.9. The largest absolute Gasteiger partial charge is 0.348 e. The summed E-state index contributed by atoms with van der Waals surface area (Å²) in [6, 6.07) is 2.31. The van der Waals surface area contributed by atoms with Gasteiger partial charge in [-0.05, 0) is 48.3 Å². The molecular weight excluding hydrogens is 353 g/mol. The lowest BCUT2D eigenvalue weighted by atomic mass is 9.99. The van der Waals surface area contributed by atoms with E-state index in [1.807, 2.05) is 0 Å². The van der Waals surface area contributed by atoms with Crippen LogP contribution in [0.25, 0.3) is 0 Å². The van der Waals surface area contributed by atoms with Crippen molar-refractivity contribution in [2.24, 2.45) is 0 Å². The van der Waals surface area contributed by atoms with Crippen molar-refractivity contribution >= 4 is 46.7 Å². The number of nitrogens with zero attached hydrogens (tertiary/aromatic N) is 1. The van der Waals surface area contributed by atoms with Gasteiger partial charge in [0.25, 0.3) is 5.91 Å². The maximum absolute atomic E-state index is 12.0. The van der Waals surface area contributed by atoms with Gasteiger partial charge in [-0.15, -0.1) is 24.8 Å². The summed E-state index contributed by atoms with van der Waals surface area (Å²) in [5.74, 6) is -0.0562. The molecule has 1 amide bonds. The van der Waals surface area contributed by atoms with Gasteiger partial charge in [0.1, 0.15) is 0 Å². The predicted octanol–water partition coefficient (Wildman–Crippen LogP) is 2.56. The van der Waals surface area contributed by atoms with Gasteiger partial charge in [-0.3, -0.25) is 9.78 Å². The summed E-state index contributed by atoms with van der Waals surface area (Å²) in [6.07, 6.45) is 5.38. The molecule has 1 aromatic heterocycles. The van der Waals surface area contributed by atoms with Crippen LogP contribution >= 0.6 is 40.7 Å². The number of rotatable bonds is 2. The highest BCUT2D eigenvalue weighted by Crippen LogP contribution is 2.12. The second kappa shape index (κ2) is 8.74. The standard InChI is InChI=1S/C12H16BrN3O.2ClH/c1-8-11(3-2-4-15-8)16-12(17)9-5-10(13)7-14-6-9;;/h5-8,11,15H,2-4H2,1H3,(H,16,17);2*1H. The number of amides is 1. The lowest BCUT2D eigenvalue weighted by Gasteiger charge is -2.30. The van der Waals surface area contributed by atoms with Crippen molar-refractivity contribution in [1.29, 1.82) is 0 Å². The van der Waals surface area contributed by atoms with E-state index in [4.69, 9.17) is 0 Å². The van der Waals surface area contributed by atoms with Crippen molar-refractivity contribution in [2.45, 2.75) is 31.8 Å². The molecule has 19 heavy (non-hydrogen) atoms. The number of nitrogens with one attached hydrogen (secondary N) is 2. The van der Waals surface area contributed by atoms with Gasteiger partial charge >= 0.3 is 0 Å². The number of aromatic nitrogens is 1. The molecule has 0 aliphatic carbocycles. The number of halogens is 3. The van der Waals surface area contributed by atoms with Gasteiger partial charge in [0, 0.05) is 29.0 Å². The second-order valence-electron chi connectivity index (χ2n) is 4.36. The highest BCUT2D eigenvalue weighted by Gasteiger charge is 2.22. The number of carbonyl (C=O) groups is 1. The minimum atomic E-state index is -0.0562. The van der Waals surface area contributed by atoms with Crippen LogP contribution in [-0.2, 0) is 0 Å². The SMILES string of the molecule is CC1NCCCC1NC(=O)c1cncc(Br)c1.Cl.Cl. The van der Waals surface area contributed by atoms with E-state index >= 15 is 0 Å². The van der Waals surface area contributed by atoms with Crippen LogP contribution in [-0.4, -0.2) is 29.5 Å². The molecule has 2 heterocycles. The fourth-order valence-electron chi connectivity index (χ4n) is 2.03. The molecule has 0 saturated carbocycles. The molecular formula is C12H18BrCl2N3O. The maximum atomic E-state index is 12.0. The molecule has 0 bridgehead atoms. The molecule has 4 nitrogen and oxygen atoms in total. The van der Waals surface area contributed by atoms with Crippen LogP contribution in [0.5, 0.6) is 0 Å². The number of pyridine rings is 1. The minimum absolute atomic E-state index is 0. The van der Waals surface area contributed by atoms with E-state index in [1.54, 1.807) is 18.5 Å². The van der Waals surface area contributed by atoms with E-state index < -0.39 is 0 Å². The third kappa shape index (κ3) is 5.26. The molecule has 1 saturated heterocycles. The molecule has 1 aliphatic heterocycles. The van der Waals surface area contributed by atoms with Crippen LogP contribution in [0, 0.1) is 0 Å². The Kier molecular flexibility index (Phi) is 8.57. The lowest BCUT2D eigenvalue weighted by Crippen LogP contribution is -2.51. The van der Waals surface area contributed by atoms with Crippen molar-refractivity contribution in [1.82, 2.24) is 15.6 Å². The maximum Gasteiger partial charge on any atom is 0.253 e. The average Bonchev–Trinajstić information content (AvgIpc) is 2.32. The van der Waals surface area contributed by atoms with Gasteiger partial charge < -0.3 is 10.6 Å². The molecule has 108 valence electrons. The first-order chi connectivity index (χ1) is 8.16. The van der Waals surface area contributed by atoms with E-state index in [9.17, 15) is 4.79 Å². The van der Waals surface area contributed by atoms with Crippen LogP contribution in [0.1, 0.15) is 30.1 Å². The van der Waals surface area contributed by atoms with Gasteiger partial charge in [0.15, 0.2) is 0 Å². The molecule has 7 heteroatoms. The van der Waals surface area contributed by atoms with Gasteiger partial charge in [-0.2, -0.15) is 0 Å². The Hall–Kier alpha value is -0.360. The smallest absolute Gasteiger partial charge is 0.253 e. The zero-order valence-electron chi connectivity index (χ0n) is 10.6. The van der Waals surface area contributed by atoms with Crippen molar-refractivity contribution < 1.29 is 4.79 Å². The van der Waals surface area contributed by atoms with Crippen LogP contribution in [0.4, 0.5) is 0 Å². The molecule has 2 N–H and O–H groups in total. The summed E-state index contributed by atoms with van der Waals surface area (Å²) in [5, 5.41) is 6.41. The highest BCUT2D eigenvalue weighted by molar-refractivity contribution is 9.10. The Morgan fingerprint density at radius 3 is 2.84 bits per heavy atom. The molecule has 1 aromatic rings. The topological polar surface area (TPSA) is 54.0 Å². The van der Waals surface area contributed by atoms with Crippen molar-refractivity contribution in [3.05, 3.63) is 28.5 Å². The van der Waals surface area contributed by atoms with Crippen molar-refractivity contribution in [3.63, 3.8) is 0 Å². The Morgan fingerprint density at radius 2 is 2.21 bits per heavy atom. The monoisotopic (exact) mass is 369 g/mol. The minimum Gasteiger partial charge on any atom is -0.348 e. The zero-order chi connectivity index (χ0) is 12.3. The van der Waals surface area contributed by atoms with Gasteiger partial charge in [0.2, 0.25) is 0 Å². The Balaban J connectivity index is 0.00000162.